The monoisotopic (exact) mass is 227 g/mol. The van der Waals surface area contributed by atoms with Gasteiger partial charge in [-0.25, -0.2) is 0 Å². The minimum atomic E-state index is 0.552. The van der Waals surface area contributed by atoms with Crippen LogP contribution in [-0.2, 0) is 6.42 Å². The van der Waals surface area contributed by atoms with E-state index in [1.807, 2.05) is 12.1 Å². The van der Waals surface area contributed by atoms with E-state index in [4.69, 9.17) is 4.42 Å². The van der Waals surface area contributed by atoms with Crippen molar-refractivity contribution in [3.63, 3.8) is 0 Å². The minimum Gasteiger partial charge on any atom is -0.469 e. The minimum absolute atomic E-state index is 0.552. The fourth-order valence-corrected chi connectivity index (χ4v) is 1.71. The molecule has 5 nitrogen and oxygen atoms in total. The maximum Gasteiger partial charge on any atom is 0.160 e. The topological polar surface area (TPSA) is 60.4 Å². The molecule has 0 aliphatic carbocycles. The Labute approximate surface area is 96.7 Å². The van der Waals surface area contributed by atoms with Gasteiger partial charge in [-0.05, 0) is 24.3 Å². The van der Waals surface area contributed by atoms with Gasteiger partial charge < -0.3 is 4.42 Å². The van der Waals surface area contributed by atoms with E-state index in [0.29, 0.717) is 12.0 Å². The molecule has 0 aliphatic heterocycles. The Kier molecular flexibility index (Phi) is 2.22. The number of hydrogen-bond donors (Lipinski definition) is 0. The van der Waals surface area contributed by atoms with Gasteiger partial charge in [0.25, 0.3) is 0 Å². The first kappa shape index (κ1) is 9.77. The zero-order valence-corrected chi connectivity index (χ0v) is 8.91. The summed E-state index contributed by atoms with van der Waals surface area (Å²) in [5, 5.41) is 8.11. The van der Waals surface area contributed by atoms with Gasteiger partial charge in [-0.2, -0.15) is 0 Å². The van der Waals surface area contributed by atoms with Gasteiger partial charge in [-0.15, -0.1) is 10.2 Å². The van der Waals surface area contributed by atoms with E-state index in [0.717, 1.165) is 23.5 Å². The highest BCUT2D eigenvalue weighted by atomic mass is 16.3. The van der Waals surface area contributed by atoms with Crippen LogP contribution in [0.5, 0.6) is 0 Å². The molecule has 0 spiro atoms. The molecule has 5 heteroatoms. The molecule has 17 heavy (non-hydrogen) atoms. The standard InChI is InChI=1S/C12H9N3O2/c16-8-9-3-4-11-13-14-12(15(11)7-9)6-10-2-1-5-17-10/h1-5,7-8H,6H2. The molecule has 0 amide bonds. The highest BCUT2D eigenvalue weighted by Gasteiger charge is 2.08. The van der Waals surface area contributed by atoms with Crippen molar-refractivity contribution in [2.45, 2.75) is 6.42 Å². The highest BCUT2D eigenvalue weighted by Crippen LogP contribution is 2.11. The fraction of sp³-hybridized carbons (Fsp3) is 0.0833. The van der Waals surface area contributed by atoms with E-state index in [9.17, 15) is 4.79 Å². The molecule has 0 aliphatic rings. The second-order valence-electron chi connectivity index (χ2n) is 3.68. The van der Waals surface area contributed by atoms with Gasteiger partial charge in [0.1, 0.15) is 11.6 Å². The predicted octanol–water partition coefficient (Wildman–Crippen LogP) is 1.73. The van der Waals surface area contributed by atoms with Crippen molar-refractivity contribution in [1.82, 2.24) is 14.6 Å². The number of hydrogen-bond acceptors (Lipinski definition) is 4. The Morgan fingerprint density at radius 2 is 2.24 bits per heavy atom. The number of aldehydes is 1. The van der Waals surface area contributed by atoms with Crippen LogP contribution < -0.4 is 0 Å². The summed E-state index contributed by atoms with van der Waals surface area (Å²) in [6, 6.07) is 7.19. The zero-order valence-electron chi connectivity index (χ0n) is 8.91. The lowest BCUT2D eigenvalue weighted by atomic mass is 10.3. The number of fused-ring (bicyclic) bond motifs is 1. The van der Waals surface area contributed by atoms with E-state index >= 15 is 0 Å². The SMILES string of the molecule is O=Cc1ccc2nnc(Cc3ccco3)n2c1. The van der Waals surface area contributed by atoms with Crippen LogP contribution in [-0.4, -0.2) is 20.9 Å². The molecule has 3 rings (SSSR count). The predicted molar refractivity (Wildman–Crippen MR) is 59.9 cm³/mol. The normalized spacial score (nSPS) is 10.8. The smallest absolute Gasteiger partial charge is 0.160 e. The van der Waals surface area contributed by atoms with Crippen LogP contribution in [0.15, 0.2) is 41.1 Å². The summed E-state index contributed by atoms with van der Waals surface area (Å²) in [4.78, 5) is 10.7. The second-order valence-corrected chi connectivity index (χ2v) is 3.68. The molecular weight excluding hydrogens is 218 g/mol. The Balaban J connectivity index is 2.07. The average molecular weight is 227 g/mol. The molecule has 0 saturated heterocycles. The number of furan rings is 1. The van der Waals surface area contributed by atoms with E-state index in [1.54, 1.807) is 29.0 Å². The molecule has 3 aromatic heterocycles. The first-order valence-electron chi connectivity index (χ1n) is 5.18. The van der Waals surface area contributed by atoms with Crippen molar-refractivity contribution in [3.8, 4) is 0 Å². The van der Waals surface area contributed by atoms with Crippen LogP contribution in [0, 0.1) is 0 Å². The van der Waals surface area contributed by atoms with E-state index in [2.05, 4.69) is 10.2 Å². The Bertz CT molecular complexity index is 656. The van der Waals surface area contributed by atoms with Gasteiger partial charge in [0.2, 0.25) is 0 Å². The van der Waals surface area contributed by atoms with Crippen LogP contribution in [0.3, 0.4) is 0 Å². The van der Waals surface area contributed by atoms with Gasteiger partial charge in [0.15, 0.2) is 11.9 Å². The molecule has 0 bridgehead atoms. The highest BCUT2D eigenvalue weighted by molar-refractivity contribution is 5.74. The van der Waals surface area contributed by atoms with Gasteiger partial charge in [-0.3, -0.25) is 9.20 Å². The zero-order chi connectivity index (χ0) is 11.7. The molecule has 84 valence electrons. The number of carbonyl (C=O) groups is 1. The first-order chi connectivity index (χ1) is 8.36. The molecule has 0 saturated carbocycles. The molecule has 3 aromatic rings. The van der Waals surface area contributed by atoms with Crippen molar-refractivity contribution in [1.29, 1.82) is 0 Å². The number of nitrogens with zero attached hydrogens (tertiary/aromatic N) is 3. The van der Waals surface area contributed by atoms with Crippen molar-refractivity contribution in [2.75, 3.05) is 0 Å². The summed E-state index contributed by atoms with van der Waals surface area (Å²) in [5.41, 5.74) is 1.31. The molecule has 0 N–H and O–H groups in total. The van der Waals surface area contributed by atoms with E-state index in [-0.39, 0.29) is 0 Å². The van der Waals surface area contributed by atoms with Crippen LogP contribution >= 0.6 is 0 Å². The van der Waals surface area contributed by atoms with E-state index < -0.39 is 0 Å². The van der Waals surface area contributed by atoms with Crippen LogP contribution in [0.1, 0.15) is 21.9 Å². The molecule has 3 heterocycles. The first-order valence-corrected chi connectivity index (χ1v) is 5.18. The lowest BCUT2D eigenvalue weighted by Crippen LogP contribution is -1.96. The molecule has 0 unspecified atom stereocenters. The maximum atomic E-state index is 10.7. The van der Waals surface area contributed by atoms with Gasteiger partial charge in [0, 0.05) is 11.8 Å². The van der Waals surface area contributed by atoms with Crippen molar-refractivity contribution in [2.24, 2.45) is 0 Å². The maximum absolute atomic E-state index is 10.7. The van der Waals surface area contributed by atoms with Crippen molar-refractivity contribution in [3.05, 3.63) is 53.9 Å². The summed E-state index contributed by atoms with van der Waals surface area (Å²) in [7, 11) is 0. The summed E-state index contributed by atoms with van der Waals surface area (Å²) in [6.07, 6.45) is 4.70. The van der Waals surface area contributed by atoms with Gasteiger partial charge in [-0.1, -0.05) is 0 Å². The van der Waals surface area contributed by atoms with E-state index in [1.165, 1.54) is 0 Å². The Hall–Kier alpha value is -2.43. The summed E-state index contributed by atoms with van der Waals surface area (Å²) in [5.74, 6) is 1.56. The third kappa shape index (κ3) is 1.71. The van der Waals surface area contributed by atoms with Gasteiger partial charge >= 0.3 is 0 Å². The Morgan fingerprint density at radius 1 is 1.29 bits per heavy atom. The molecule has 0 fully saturated rings. The molecular formula is C12H9N3O2. The van der Waals surface area contributed by atoms with Crippen LogP contribution in [0.4, 0.5) is 0 Å². The number of carbonyl (C=O) groups excluding carboxylic acids is 1. The lowest BCUT2D eigenvalue weighted by Gasteiger charge is -1.98. The third-order valence-electron chi connectivity index (χ3n) is 2.54. The van der Waals surface area contributed by atoms with Crippen LogP contribution in [0.2, 0.25) is 0 Å². The van der Waals surface area contributed by atoms with Crippen molar-refractivity contribution < 1.29 is 9.21 Å². The largest absolute Gasteiger partial charge is 0.469 e. The number of pyridine rings is 1. The lowest BCUT2D eigenvalue weighted by molar-refractivity contribution is 0.112. The summed E-state index contributed by atoms with van der Waals surface area (Å²) in [6.45, 7) is 0. The third-order valence-corrected chi connectivity index (χ3v) is 2.54. The van der Waals surface area contributed by atoms with Crippen molar-refractivity contribution >= 4 is 11.9 Å². The summed E-state index contributed by atoms with van der Waals surface area (Å²) >= 11 is 0. The molecule has 0 radical (unpaired) electrons. The Morgan fingerprint density at radius 3 is 3.00 bits per heavy atom. The quantitative estimate of drug-likeness (QED) is 0.639. The summed E-state index contributed by atoms with van der Waals surface area (Å²) < 4.78 is 7.06. The van der Waals surface area contributed by atoms with Gasteiger partial charge in [0.05, 0.1) is 12.7 Å². The molecule has 0 atom stereocenters. The average Bonchev–Trinajstić information content (AvgIpc) is 2.99. The number of rotatable bonds is 3. The molecule has 0 aromatic carbocycles. The number of aromatic nitrogens is 3. The van der Waals surface area contributed by atoms with Crippen LogP contribution in [0.25, 0.3) is 5.65 Å². The second kappa shape index (κ2) is 3.86. The fourth-order valence-electron chi connectivity index (χ4n) is 1.71.